The van der Waals surface area contributed by atoms with E-state index in [0.717, 1.165) is 4.47 Å². The number of anilines is 1. The Balaban J connectivity index is 2.17. The second-order valence-electron chi connectivity index (χ2n) is 5.14. The van der Waals surface area contributed by atoms with E-state index in [4.69, 9.17) is 0 Å². The van der Waals surface area contributed by atoms with E-state index in [1.165, 1.54) is 0 Å². The minimum atomic E-state index is -0.258. The molecule has 0 fully saturated rings. The normalized spacial score (nSPS) is 10.4. The lowest BCUT2D eigenvalue weighted by Crippen LogP contribution is -2.30. The van der Waals surface area contributed by atoms with Gasteiger partial charge in [0.05, 0.1) is 5.69 Å². The first-order chi connectivity index (χ1) is 10.5. The van der Waals surface area contributed by atoms with E-state index in [0.29, 0.717) is 16.8 Å². The molecule has 0 saturated carbocycles. The molecule has 4 nitrogen and oxygen atoms in total. The number of hydrogen-bond donors (Lipinski definition) is 2. The molecule has 2 rings (SSSR count). The maximum absolute atomic E-state index is 12.3. The van der Waals surface area contributed by atoms with Crippen molar-refractivity contribution in [3.05, 3.63) is 64.1 Å². The van der Waals surface area contributed by atoms with Gasteiger partial charge in [-0.1, -0.05) is 18.2 Å². The highest BCUT2D eigenvalue weighted by atomic mass is 79.9. The first-order valence-corrected chi connectivity index (χ1v) is 7.73. The van der Waals surface area contributed by atoms with Crippen molar-refractivity contribution in [3.63, 3.8) is 0 Å². The van der Waals surface area contributed by atoms with Crippen LogP contribution >= 0.6 is 15.9 Å². The molecule has 5 heteroatoms. The SMILES string of the molecule is CC(C)NC(=O)c1cccc(C(=O)Nc2ccccc2Br)c1. The molecule has 0 radical (unpaired) electrons. The number of rotatable bonds is 4. The molecule has 22 heavy (non-hydrogen) atoms. The van der Waals surface area contributed by atoms with Crippen LogP contribution in [-0.2, 0) is 0 Å². The third kappa shape index (κ3) is 4.18. The molecule has 2 amide bonds. The predicted octanol–water partition coefficient (Wildman–Crippen LogP) is 3.84. The van der Waals surface area contributed by atoms with Crippen molar-refractivity contribution in [1.29, 1.82) is 0 Å². The van der Waals surface area contributed by atoms with Gasteiger partial charge in [0, 0.05) is 21.6 Å². The van der Waals surface area contributed by atoms with E-state index in [-0.39, 0.29) is 17.9 Å². The lowest BCUT2D eigenvalue weighted by atomic mass is 10.1. The fourth-order valence-corrected chi connectivity index (χ4v) is 2.29. The lowest BCUT2D eigenvalue weighted by Gasteiger charge is -2.10. The molecule has 2 N–H and O–H groups in total. The summed E-state index contributed by atoms with van der Waals surface area (Å²) in [7, 11) is 0. The average molecular weight is 361 g/mol. The van der Waals surface area contributed by atoms with Crippen LogP contribution in [0.3, 0.4) is 0 Å². The monoisotopic (exact) mass is 360 g/mol. The van der Waals surface area contributed by atoms with Crippen molar-refractivity contribution >= 4 is 33.4 Å². The second-order valence-corrected chi connectivity index (χ2v) is 6.00. The molecule has 2 aromatic rings. The fraction of sp³-hybridized carbons (Fsp3) is 0.176. The maximum Gasteiger partial charge on any atom is 0.255 e. The van der Waals surface area contributed by atoms with E-state index in [1.54, 1.807) is 30.3 Å². The standard InChI is InChI=1S/C17H17BrN2O2/c1-11(2)19-16(21)12-6-5-7-13(10-12)17(22)20-15-9-4-3-8-14(15)18/h3-11H,1-2H3,(H,19,21)(H,20,22). The summed E-state index contributed by atoms with van der Waals surface area (Å²) in [5.74, 6) is -0.448. The van der Waals surface area contributed by atoms with Crippen LogP contribution in [0.1, 0.15) is 34.6 Å². The number of carbonyl (C=O) groups excluding carboxylic acids is 2. The van der Waals surface area contributed by atoms with Crippen LogP contribution in [0.25, 0.3) is 0 Å². The number of para-hydroxylation sites is 1. The van der Waals surface area contributed by atoms with Gasteiger partial charge in [-0.3, -0.25) is 9.59 Å². The Kier molecular flexibility index (Phi) is 5.33. The Bertz CT molecular complexity index is 699. The minimum Gasteiger partial charge on any atom is -0.350 e. The number of amides is 2. The highest BCUT2D eigenvalue weighted by Gasteiger charge is 2.12. The number of hydrogen-bond acceptors (Lipinski definition) is 2. The molecule has 0 saturated heterocycles. The van der Waals surface area contributed by atoms with Gasteiger partial charge in [-0.2, -0.15) is 0 Å². The zero-order valence-corrected chi connectivity index (χ0v) is 14.0. The number of benzene rings is 2. The van der Waals surface area contributed by atoms with Crippen molar-refractivity contribution in [3.8, 4) is 0 Å². The topological polar surface area (TPSA) is 58.2 Å². The summed E-state index contributed by atoms with van der Waals surface area (Å²) in [5.41, 5.74) is 1.59. The molecule has 0 unspecified atom stereocenters. The number of halogens is 1. The summed E-state index contributed by atoms with van der Waals surface area (Å²) in [4.78, 5) is 24.3. The molecular weight excluding hydrogens is 344 g/mol. The van der Waals surface area contributed by atoms with Crippen molar-refractivity contribution < 1.29 is 9.59 Å². The first-order valence-electron chi connectivity index (χ1n) is 6.94. The van der Waals surface area contributed by atoms with E-state index in [2.05, 4.69) is 26.6 Å². The van der Waals surface area contributed by atoms with E-state index in [1.807, 2.05) is 32.0 Å². The predicted molar refractivity (Wildman–Crippen MR) is 91.1 cm³/mol. The molecule has 0 spiro atoms. The van der Waals surface area contributed by atoms with E-state index in [9.17, 15) is 9.59 Å². The second kappa shape index (κ2) is 7.22. The third-order valence-electron chi connectivity index (χ3n) is 2.93. The van der Waals surface area contributed by atoms with Crippen molar-refractivity contribution in [2.75, 3.05) is 5.32 Å². The zero-order valence-electron chi connectivity index (χ0n) is 12.4. The largest absolute Gasteiger partial charge is 0.350 e. The quantitative estimate of drug-likeness (QED) is 0.869. The summed E-state index contributed by atoms with van der Waals surface area (Å²) in [6.45, 7) is 3.78. The van der Waals surface area contributed by atoms with Crippen LogP contribution in [0, 0.1) is 0 Å². The number of nitrogens with one attached hydrogen (secondary N) is 2. The minimum absolute atomic E-state index is 0.0465. The van der Waals surface area contributed by atoms with Crippen LogP contribution in [0.4, 0.5) is 5.69 Å². The van der Waals surface area contributed by atoms with Crippen LogP contribution in [0.2, 0.25) is 0 Å². The van der Waals surface area contributed by atoms with Gasteiger partial charge in [-0.25, -0.2) is 0 Å². The molecule has 0 atom stereocenters. The van der Waals surface area contributed by atoms with E-state index < -0.39 is 0 Å². The van der Waals surface area contributed by atoms with Gasteiger partial charge in [0.1, 0.15) is 0 Å². The van der Waals surface area contributed by atoms with E-state index >= 15 is 0 Å². The van der Waals surface area contributed by atoms with Gasteiger partial charge in [-0.05, 0) is 60.1 Å². The molecule has 0 aliphatic carbocycles. The molecule has 0 aliphatic heterocycles. The average Bonchev–Trinajstić information content (AvgIpc) is 2.49. The molecule has 0 aromatic heterocycles. The van der Waals surface area contributed by atoms with Gasteiger partial charge >= 0.3 is 0 Å². The summed E-state index contributed by atoms with van der Waals surface area (Å²) < 4.78 is 0.803. The number of carbonyl (C=O) groups is 2. The summed E-state index contributed by atoms with van der Waals surface area (Å²) in [6.07, 6.45) is 0. The highest BCUT2D eigenvalue weighted by Crippen LogP contribution is 2.22. The van der Waals surface area contributed by atoms with Gasteiger partial charge in [0.25, 0.3) is 11.8 Å². The van der Waals surface area contributed by atoms with Crippen LogP contribution in [0.15, 0.2) is 53.0 Å². The molecule has 0 bridgehead atoms. The Labute approximate surface area is 138 Å². The van der Waals surface area contributed by atoms with Gasteiger partial charge in [0.2, 0.25) is 0 Å². The Morgan fingerprint density at radius 1 is 0.955 bits per heavy atom. The molecule has 0 aliphatic rings. The van der Waals surface area contributed by atoms with Crippen molar-refractivity contribution in [1.82, 2.24) is 5.32 Å². The molecular formula is C17H17BrN2O2. The fourth-order valence-electron chi connectivity index (χ4n) is 1.90. The van der Waals surface area contributed by atoms with Gasteiger partial charge in [0.15, 0.2) is 0 Å². The first kappa shape index (κ1) is 16.2. The van der Waals surface area contributed by atoms with Gasteiger partial charge in [-0.15, -0.1) is 0 Å². The summed E-state index contributed by atoms with van der Waals surface area (Å²) in [6, 6.07) is 14.1. The van der Waals surface area contributed by atoms with Crippen molar-refractivity contribution in [2.45, 2.75) is 19.9 Å². The smallest absolute Gasteiger partial charge is 0.255 e. The molecule has 0 heterocycles. The Hall–Kier alpha value is -2.14. The zero-order chi connectivity index (χ0) is 16.1. The Morgan fingerprint density at radius 3 is 2.23 bits per heavy atom. The van der Waals surface area contributed by atoms with Crippen LogP contribution in [0.5, 0.6) is 0 Å². The highest BCUT2D eigenvalue weighted by molar-refractivity contribution is 9.10. The van der Waals surface area contributed by atoms with Crippen LogP contribution in [-0.4, -0.2) is 17.9 Å². The third-order valence-corrected chi connectivity index (χ3v) is 3.62. The molecule has 114 valence electrons. The maximum atomic E-state index is 12.3. The Morgan fingerprint density at radius 2 is 1.59 bits per heavy atom. The lowest BCUT2D eigenvalue weighted by molar-refractivity contribution is 0.0943. The van der Waals surface area contributed by atoms with Crippen molar-refractivity contribution in [2.24, 2.45) is 0 Å². The summed E-state index contributed by atoms with van der Waals surface area (Å²) in [5, 5.41) is 5.62. The summed E-state index contributed by atoms with van der Waals surface area (Å²) >= 11 is 3.38. The molecule has 2 aromatic carbocycles. The van der Waals surface area contributed by atoms with Gasteiger partial charge < -0.3 is 10.6 Å². The van der Waals surface area contributed by atoms with Crippen LogP contribution < -0.4 is 10.6 Å².